The lowest BCUT2D eigenvalue weighted by Gasteiger charge is -2.16. The summed E-state index contributed by atoms with van der Waals surface area (Å²) in [5.74, 6) is -1.19. The molecule has 1 saturated heterocycles. The van der Waals surface area contributed by atoms with Gasteiger partial charge in [0.2, 0.25) is 11.8 Å². The van der Waals surface area contributed by atoms with Gasteiger partial charge in [-0.1, -0.05) is 6.07 Å². The van der Waals surface area contributed by atoms with Gasteiger partial charge in [0.1, 0.15) is 5.82 Å². The van der Waals surface area contributed by atoms with Crippen LogP contribution in [0.2, 0.25) is 0 Å². The molecule has 3 heterocycles. The van der Waals surface area contributed by atoms with Gasteiger partial charge in [0, 0.05) is 24.0 Å². The SMILES string of the molecule is O=C(Nc1nc(-c2cccs2)cs1)[C@H]1CC(=O)N(c2ccc(F)cc2)C1. The van der Waals surface area contributed by atoms with Crippen LogP contribution in [0.25, 0.3) is 10.6 Å². The van der Waals surface area contributed by atoms with E-state index in [-0.39, 0.29) is 30.6 Å². The van der Waals surface area contributed by atoms with Crippen molar-refractivity contribution >= 4 is 45.3 Å². The van der Waals surface area contributed by atoms with Crippen LogP contribution in [0.15, 0.2) is 47.2 Å². The monoisotopic (exact) mass is 387 g/mol. The van der Waals surface area contributed by atoms with E-state index in [0.717, 1.165) is 10.6 Å². The largest absolute Gasteiger partial charge is 0.312 e. The summed E-state index contributed by atoms with van der Waals surface area (Å²) in [7, 11) is 0. The molecule has 26 heavy (non-hydrogen) atoms. The Bertz CT molecular complexity index is 938. The van der Waals surface area contributed by atoms with E-state index in [1.165, 1.54) is 28.4 Å². The Morgan fingerprint density at radius 1 is 1.23 bits per heavy atom. The number of hydrogen-bond donors (Lipinski definition) is 1. The standard InChI is InChI=1S/C18H14FN3O2S2/c19-12-3-5-13(6-4-12)22-9-11(8-16(22)23)17(24)21-18-20-14(10-26-18)15-2-1-7-25-15/h1-7,10-11H,8-9H2,(H,20,21,24)/t11-/m0/s1. The van der Waals surface area contributed by atoms with Crippen molar-refractivity contribution in [3.05, 3.63) is 53.0 Å². The topological polar surface area (TPSA) is 62.3 Å². The van der Waals surface area contributed by atoms with Gasteiger partial charge in [-0.25, -0.2) is 9.37 Å². The minimum Gasteiger partial charge on any atom is -0.312 e. The molecule has 0 spiro atoms. The summed E-state index contributed by atoms with van der Waals surface area (Å²) in [4.78, 5) is 31.7. The number of carbonyl (C=O) groups is 2. The van der Waals surface area contributed by atoms with Gasteiger partial charge in [0.05, 0.1) is 16.5 Å². The zero-order valence-electron chi connectivity index (χ0n) is 13.5. The number of thiazole rings is 1. The number of thiophene rings is 1. The molecule has 0 aliphatic carbocycles. The zero-order chi connectivity index (χ0) is 18.1. The molecule has 4 rings (SSSR count). The molecule has 2 amide bonds. The van der Waals surface area contributed by atoms with Gasteiger partial charge in [0.25, 0.3) is 0 Å². The summed E-state index contributed by atoms with van der Waals surface area (Å²) in [6.07, 6.45) is 0.131. The first-order valence-corrected chi connectivity index (χ1v) is 9.72. The fourth-order valence-electron chi connectivity index (χ4n) is 2.83. The number of nitrogens with zero attached hydrogens (tertiary/aromatic N) is 2. The highest BCUT2D eigenvalue weighted by molar-refractivity contribution is 7.16. The second-order valence-corrected chi connectivity index (χ2v) is 7.69. The predicted molar refractivity (Wildman–Crippen MR) is 101 cm³/mol. The normalized spacial score (nSPS) is 16.9. The number of aromatic nitrogens is 1. The number of nitrogens with one attached hydrogen (secondary N) is 1. The highest BCUT2D eigenvalue weighted by atomic mass is 32.1. The Kier molecular flexibility index (Phi) is 4.52. The van der Waals surface area contributed by atoms with Gasteiger partial charge < -0.3 is 10.2 Å². The Morgan fingerprint density at radius 3 is 2.77 bits per heavy atom. The summed E-state index contributed by atoms with van der Waals surface area (Å²) in [5, 5.41) is 7.19. The van der Waals surface area contributed by atoms with Crippen molar-refractivity contribution in [2.75, 3.05) is 16.8 Å². The van der Waals surface area contributed by atoms with Crippen LogP contribution >= 0.6 is 22.7 Å². The average molecular weight is 387 g/mol. The molecule has 0 bridgehead atoms. The van der Waals surface area contributed by atoms with Crippen LogP contribution in [0.3, 0.4) is 0 Å². The van der Waals surface area contributed by atoms with E-state index in [1.807, 2.05) is 22.9 Å². The smallest absolute Gasteiger partial charge is 0.231 e. The molecule has 5 nitrogen and oxygen atoms in total. The number of anilines is 2. The first kappa shape index (κ1) is 16.9. The van der Waals surface area contributed by atoms with Gasteiger partial charge in [-0.3, -0.25) is 9.59 Å². The number of rotatable bonds is 4. The lowest BCUT2D eigenvalue weighted by atomic mass is 10.1. The molecule has 132 valence electrons. The molecular weight excluding hydrogens is 373 g/mol. The third kappa shape index (κ3) is 3.38. The lowest BCUT2D eigenvalue weighted by Crippen LogP contribution is -2.28. The number of hydrogen-bond acceptors (Lipinski definition) is 5. The first-order valence-electron chi connectivity index (χ1n) is 7.96. The minimum absolute atomic E-state index is 0.131. The maximum Gasteiger partial charge on any atom is 0.231 e. The first-order chi connectivity index (χ1) is 12.6. The minimum atomic E-state index is -0.457. The Hall–Kier alpha value is -2.58. The number of halogens is 1. The number of carbonyl (C=O) groups excluding carboxylic acids is 2. The van der Waals surface area contributed by atoms with E-state index in [2.05, 4.69) is 10.3 Å². The van der Waals surface area contributed by atoms with E-state index in [9.17, 15) is 14.0 Å². The quantitative estimate of drug-likeness (QED) is 0.736. The Balaban J connectivity index is 1.43. The second-order valence-electron chi connectivity index (χ2n) is 5.89. The van der Waals surface area contributed by atoms with E-state index in [0.29, 0.717) is 10.8 Å². The predicted octanol–water partition coefficient (Wildman–Crippen LogP) is 4.00. The Morgan fingerprint density at radius 2 is 2.04 bits per heavy atom. The molecule has 1 aliphatic heterocycles. The zero-order valence-corrected chi connectivity index (χ0v) is 15.1. The summed E-state index contributed by atoms with van der Waals surface area (Å²) in [6.45, 7) is 0.277. The molecule has 2 aromatic heterocycles. The molecule has 0 radical (unpaired) electrons. The van der Waals surface area contributed by atoms with Crippen LogP contribution in [0.1, 0.15) is 6.42 Å². The van der Waals surface area contributed by atoms with Crippen LogP contribution in [-0.2, 0) is 9.59 Å². The fourth-order valence-corrected chi connectivity index (χ4v) is 4.30. The molecule has 3 aromatic rings. The summed E-state index contributed by atoms with van der Waals surface area (Å²) >= 11 is 2.94. The van der Waals surface area contributed by atoms with E-state index < -0.39 is 5.92 Å². The maximum atomic E-state index is 13.0. The number of benzene rings is 1. The highest BCUT2D eigenvalue weighted by Gasteiger charge is 2.35. The van der Waals surface area contributed by atoms with Gasteiger partial charge in [-0.05, 0) is 35.7 Å². The maximum absolute atomic E-state index is 13.0. The van der Waals surface area contributed by atoms with Gasteiger partial charge in [-0.15, -0.1) is 22.7 Å². The molecule has 0 unspecified atom stereocenters. The third-order valence-corrected chi connectivity index (χ3v) is 5.79. The fraction of sp³-hybridized carbons (Fsp3) is 0.167. The Labute approximate surface area is 157 Å². The van der Waals surface area contributed by atoms with E-state index in [4.69, 9.17) is 0 Å². The van der Waals surface area contributed by atoms with Crippen molar-refractivity contribution in [1.82, 2.24) is 4.98 Å². The van der Waals surface area contributed by atoms with Gasteiger partial charge >= 0.3 is 0 Å². The van der Waals surface area contributed by atoms with Crippen molar-refractivity contribution < 1.29 is 14.0 Å². The highest BCUT2D eigenvalue weighted by Crippen LogP contribution is 2.30. The lowest BCUT2D eigenvalue weighted by molar-refractivity contribution is -0.122. The van der Waals surface area contributed by atoms with Crippen molar-refractivity contribution in [3.8, 4) is 10.6 Å². The summed E-state index contributed by atoms with van der Waals surface area (Å²) in [6, 6.07) is 9.62. The summed E-state index contributed by atoms with van der Waals surface area (Å²) < 4.78 is 13.0. The van der Waals surface area contributed by atoms with Crippen LogP contribution < -0.4 is 10.2 Å². The van der Waals surface area contributed by atoms with Crippen LogP contribution in [0.4, 0.5) is 15.2 Å². The molecule has 1 N–H and O–H groups in total. The molecule has 8 heteroatoms. The van der Waals surface area contributed by atoms with Crippen molar-refractivity contribution in [2.45, 2.75) is 6.42 Å². The third-order valence-electron chi connectivity index (χ3n) is 4.14. The molecule has 1 aromatic carbocycles. The second kappa shape index (κ2) is 6.97. The number of amides is 2. The molecule has 1 aliphatic rings. The van der Waals surface area contributed by atoms with Crippen molar-refractivity contribution in [3.63, 3.8) is 0 Å². The van der Waals surface area contributed by atoms with Crippen LogP contribution in [-0.4, -0.2) is 23.3 Å². The van der Waals surface area contributed by atoms with Crippen LogP contribution in [0, 0.1) is 11.7 Å². The molecule has 0 saturated carbocycles. The molecule has 1 fully saturated rings. The average Bonchev–Trinajstić information content (AvgIpc) is 3.36. The van der Waals surface area contributed by atoms with E-state index >= 15 is 0 Å². The van der Waals surface area contributed by atoms with Crippen LogP contribution in [0.5, 0.6) is 0 Å². The van der Waals surface area contributed by atoms with Crippen molar-refractivity contribution in [1.29, 1.82) is 0 Å². The van der Waals surface area contributed by atoms with Crippen molar-refractivity contribution in [2.24, 2.45) is 5.92 Å². The molecular formula is C18H14FN3O2S2. The molecule has 1 atom stereocenters. The van der Waals surface area contributed by atoms with Gasteiger partial charge in [0.15, 0.2) is 5.13 Å². The van der Waals surface area contributed by atoms with Gasteiger partial charge in [-0.2, -0.15) is 0 Å². The van der Waals surface area contributed by atoms with E-state index in [1.54, 1.807) is 23.5 Å². The summed E-state index contributed by atoms with van der Waals surface area (Å²) in [5.41, 5.74) is 1.43.